The van der Waals surface area contributed by atoms with Gasteiger partial charge in [-0.2, -0.15) is 0 Å². The number of aliphatic imine (C=N–C) groups is 1. The number of piperidine rings is 1. The van der Waals surface area contributed by atoms with Crippen molar-refractivity contribution < 1.29 is 4.74 Å². The van der Waals surface area contributed by atoms with Crippen molar-refractivity contribution in [3.05, 3.63) is 22.4 Å². The van der Waals surface area contributed by atoms with Crippen molar-refractivity contribution >= 4 is 41.3 Å². The van der Waals surface area contributed by atoms with Crippen LogP contribution in [0.5, 0.6) is 0 Å². The molecular formula is C23H41IN4OS. The fraction of sp³-hybridized carbons (Fsp3) is 0.783. The number of likely N-dealkylation sites (tertiary alicyclic amines) is 1. The minimum absolute atomic E-state index is 0. The molecule has 0 amide bonds. The summed E-state index contributed by atoms with van der Waals surface area (Å²) in [6.07, 6.45) is 10.1. The number of guanidine groups is 1. The summed E-state index contributed by atoms with van der Waals surface area (Å²) in [4.78, 5) is 9.20. The number of rotatable bonds is 9. The van der Waals surface area contributed by atoms with Crippen LogP contribution in [0.2, 0.25) is 0 Å². The Hall–Kier alpha value is -0.380. The molecule has 0 atom stereocenters. The molecule has 0 bridgehead atoms. The average Bonchev–Trinajstić information content (AvgIpc) is 3.30. The Balaban J connectivity index is 0.00000320. The lowest BCUT2D eigenvalue weighted by Gasteiger charge is -2.36. The van der Waals surface area contributed by atoms with Crippen molar-refractivity contribution in [3.8, 4) is 0 Å². The van der Waals surface area contributed by atoms with Crippen LogP contribution in [0.25, 0.3) is 0 Å². The Morgan fingerprint density at radius 3 is 2.67 bits per heavy atom. The molecular weight excluding hydrogens is 507 g/mol. The number of hydrogen-bond donors (Lipinski definition) is 2. The second-order valence-electron chi connectivity index (χ2n) is 8.62. The first-order chi connectivity index (χ1) is 14.3. The predicted molar refractivity (Wildman–Crippen MR) is 140 cm³/mol. The smallest absolute Gasteiger partial charge is 0.191 e. The first-order valence-electron chi connectivity index (χ1n) is 11.6. The Kier molecular flexibility index (Phi) is 12.0. The van der Waals surface area contributed by atoms with Crippen LogP contribution >= 0.6 is 35.3 Å². The van der Waals surface area contributed by atoms with Gasteiger partial charge in [-0.3, -0.25) is 4.99 Å². The molecule has 0 aromatic carbocycles. The SMILES string of the molecule is CCNC(=NCC1(c2cccs2)CCCCC1)NC1CCN(CCCOC)CC1.I. The van der Waals surface area contributed by atoms with Gasteiger partial charge in [0, 0.05) is 56.2 Å². The van der Waals surface area contributed by atoms with E-state index in [1.54, 1.807) is 7.11 Å². The monoisotopic (exact) mass is 548 g/mol. The maximum atomic E-state index is 5.18. The van der Waals surface area contributed by atoms with Crippen molar-refractivity contribution in [2.24, 2.45) is 4.99 Å². The zero-order chi connectivity index (χ0) is 20.4. The van der Waals surface area contributed by atoms with Gasteiger partial charge in [0.25, 0.3) is 0 Å². The van der Waals surface area contributed by atoms with E-state index in [4.69, 9.17) is 9.73 Å². The van der Waals surface area contributed by atoms with Gasteiger partial charge in [0.05, 0.1) is 6.54 Å². The fourth-order valence-corrected chi connectivity index (χ4v) is 5.75. The van der Waals surface area contributed by atoms with Gasteiger partial charge in [0.2, 0.25) is 0 Å². The number of nitrogens with one attached hydrogen (secondary N) is 2. The molecule has 3 rings (SSSR count). The summed E-state index contributed by atoms with van der Waals surface area (Å²) in [6, 6.07) is 5.05. The van der Waals surface area contributed by atoms with Crippen LogP contribution in [-0.2, 0) is 10.2 Å². The van der Waals surface area contributed by atoms with E-state index in [1.165, 1.54) is 62.9 Å². The van der Waals surface area contributed by atoms with Gasteiger partial charge in [-0.15, -0.1) is 35.3 Å². The molecule has 2 fully saturated rings. The second kappa shape index (κ2) is 13.9. The molecule has 0 radical (unpaired) electrons. The van der Waals surface area contributed by atoms with Crippen molar-refractivity contribution in [3.63, 3.8) is 0 Å². The Bertz CT molecular complexity index is 596. The van der Waals surface area contributed by atoms with Crippen LogP contribution < -0.4 is 10.6 Å². The lowest BCUT2D eigenvalue weighted by atomic mass is 9.73. The van der Waals surface area contributed by atoms with Gasteiger partial charge in [0.1, 0.15) is 0 Å². The zero-order valence-electron chi connectivity index (χ0n) is 18.8. The minimum atomic E-state index is 0. The first kappa shape index (κ1) is 25.9. The third kappa shape index (κ3) is 7.64. The van der Waals surface area contributed by atoms with E-state index in [9.17, 15) is 0 Å². The maximum absolute atomic E-state index is 5.18. The van der Waals surface area contributed by atoms with E-state index < -0.39 is 0 Å². The molecule has 0 spiro atoms. The van der Waals surface area contributed by atoms with Gasteiger partial charge < -0.3 is 20.3 Å². The highest BCUT2D eigenvalue weighted by molar-refractivity contribution is 14.0. The number of ether oxygens (including phenoxy) is 1. The van der Waals surface area contributed by atoms with Crippen LogP contribution in [0.15, 0.2) is 22.5 Å². The summed E-state index contributed by atoms with van der Waals surface area (Å²) in [5.74, 6) is 1.01. The van der Waals surface area contributed by atoms with Gasteiger partial charge in [-0.25, -0.2) is 0 Å². The van der Waals surface area contributed by atoms with Crippen LogP contribution in [-0.4, -0.2) is 63.3 Å². The van der Waals surface area contributed by atoms with Gasteiger partial charge in [0.15, 0.2) is 5.96 Å². The van der Waals surface area contributed by atoms with Gasteiger partial charge in [-0.1, -0.05) is 25.3 Å². The van der Waals surface area contributed by atoms with Gasteiger partial charge in [-0.05, 0) is 50.5 Å². The molecule has 1 aliphatic carbocycles. The molecule has 7 heteroatoms. The van der Waals surface area contributed by atoms with Crippen LogP contribution in [0, 0.1) is 0 Å². The highest BCUT2D eigenvalue weighted by Crippen LogP contribution is 2.41. The largest absolute Gasteiger partial charge is 0.385 e. The van der Waals surface area contributed by atoms with Crippen molar-refractivity contribution in [1.29, 1.82) is 0 Å². The number of halogens is 1. The summed E-state index contributed by atoms with van der Waals surface area (Å²) in [5.41, 5.74) is 0.249. The average molecular weight is 549 g/mol. The Morgan fingerprint density at radius 1 is 1.27 bits per heavy atom. The zero-order valence-corrected chi connectivity index (χ0v) is 22.0. The third-order valence-corrected chi connectivity index (χ3v) is 7.61. The fourth-order valence-electron chi connectivity index (χ4n) is 4.77. The van der Waals surface area contributed by atoms with E-state index in [-0.39, 0.29) is 29.4 Å². The van der Waals surface area contributed by atoms with E-state index in [2.05, 4.69) is 40.0 Å². The summed E-state index contributed by atoms with van der Waals surface area (Å²) in [7, 11) is 1.79. The van der Waals surface area contributed by atoms with Crippen LogP contribution in [0.4, 0.5) is 0 Å². The molecule has 1 saturated heterocycles. The summed E-state index contributed by atoms with van der Waals surface area (Å²) < 4.78 is 5.18. The lowest BCUT2D eigenvalue weighted by molar-refractivity contribution is 0.155. The highest BCUT2D eigenvalue weighted by atomic mass is 127. The summed E-state index contributed by atoms with van der Waals surface area (Å²) in [6.45, 7) is 8.32. The topological polar surface area (TPSA) is 48.9 Å². The molecule has 30 heavy (non-hydrogen) atoms. The molecule has 2 N–H and O–H groups in total. The molecule has 2 aliphatic rings. The normalized spacial score (nSPS) is 20.5. The van der Waals surface area contributed by atoms with Gasteiger partial charge >= 0.3 is 0 Å². The Labute approximate surface area is 204 Å². The predicted octanol–water partition coefficient (Wildman–Crippen LogP) is 4.62. The Morgan fingerprint density at radius 2 is 2.03 bits per heavy atom. The number of thiophene rings is 1. The van der Waals surface area contributed by atoms with E-state index in [1.807, 2.05) is 11.3 Å². The van der Waals surface area contributed by atoms with Crippen molar-refractivity contribution in [2.75, 3.05) is 46.4 Å². The molecule has 2 heterocycles. The second-order valence-corrected chi connectivity index (χ2v) is 9.57. The minimum Gasteiger partial charge on any atom is -0.385 e. The lowest BCUT2D eigenvalue weighted by Crippen LogP contribution is -2.49. The third-order valence-electron chi connectivity index (χ3n) is 6.49. The standard InChI is InChI=1S/C23H40N4OS.HI/c1-3-24-22(26-20-10-15-27(16-11-20)14-8-17-28-2)25-19-23(12-5-4-6-13-23)21-9-7-18-29-21;/h7,9,18,20H,3-6,8,10-17,19H2,1-2H3,(H2,24,25,26);1H. The van der Waals surface area contributed by atoms with Crippen LogP contribution in [0.1, 0.15) is 63.2 Å². The molecule has 1 aliphatic heterocycles. The van der Waals surface area contributed by atoms with Crippen molar-refractivity contribution in [1.82, 2.24) is 15.5 Å². The number of hydrogen-bond acceptors (Lipinski definition) is 4. The summed E-state index contributed by atoms with van der Waals surface area (Å²) in [5, 5.41) is 9.46. The van der Waals surface area contributed by atoms with E-state index in [0.717, 1.165) is 38.6 Å². The summed E-state index contributed by atoms with van der Waals surface area (Å²) >= 11 is 1.91. The number of methoxy groups -OCH3 is 1. The van der Waals surface area contributed by atoms with Crippen LogP contribution in [0.3, 0.4) is 0 Å². The maximum Gasteiger partial charge on any atom is 0.191 e. The van der Waals surface area contributed by atoms with Crippen molar-refractivity contribution in [2.45, 2.75) is 69.7 Å². The highest BCUT2D eigenvalue weighted by Gasteiger charge is 2.34. The quantitative estimate of drug-likeness (QED) is 0.205. The van der Waals surface area contributed by atoms with E-state index >= 15 is 0 Å². The molecule has 172 valence electrons. The number of nitrogens with zero attached hydrogens (tertiary/aromatic N) is 2. The first-order valence-corrected chi connectivity index (χ1v) is 12.4. The molecule has 5 nitrogen and oxygen atoms in total. The molecule has 0 unspecified atom stereocenters. The molecule has 1 aromatic rings. The molecule has 1 saturated carbocycles. The molecule has 1 aromatic heterocycles. The van der Waals surface area contributed by atoms with E-state index in [0.29, 0.717) is 6.04 Å².